The van der Waals surface area contributed by atoms with Crippen molar-refractivity contribution in [1.82, 2.24) is 23.7 Å². The fourth-order valence-corrected chi connectivity index (χ4v) is 3.79. The number of pyridine rings is 1. The molecule has 0 atom stereocenters. The van der Waals surface area contributed by atoms with Crippen LogP contribution in [0, 0.1) is 0 Å². The van der Waals surface area contributed by atoms with Crippen LogP contribution in [0.15, 0.2) is 27.9 Å². The number of hydrogen-bond donors (Lipinski definition) is 0. The van der Waals surface area contributed by atoms with Crippen molar-refractivity contribution >= 4 is 23.3 Å². The Bertz CT molecular complexity index is 1210. The maximum Gasteiger partial charge on any atom is 0.332 e. The fourth-order valence-electron chi connectivity index (χ4n) is 3.79. The van der Waals surface area contributed by atoms with E-state index in [2.05, 4.69) is 9.97 Å². The number of imidazole rings is 1. The molecule has 9 nitrogen and oxygen atoms in total. The van der Waals surface area contributed by atoms with Crippen LogP contribution in [0.3, 0.4) is 0 Å². The van der Waals surface area contributed by atoms with Gasteiger partial charge in [-0.25, -0.2) is 14.8 Å². The van der Waals surface area contributed by atoms with Gasteiger partial charge in [-0.3, -0.25) is 13.9 Å². The number of hydrogen-bond acceptors (Lipinski definition) is 6. The van der Waals surface area contributed by atoms with E-state index < -0.39 is 0 Å². The highest BCUT2D eigenvalue weighted by Gasteiger charge is 2.18. The van der Waals surface area contributed by atoms with Gasteiger partial charge in [0.2, 0.25) is 5.88 Å². The quantitative estimate of drug-likeness (QED) is 0.600. The Balaban J connectivity index is 1.61. The van der Waals surface area contributed by atoms with Crippen LogP contribution >= 0.6 is 0 Å². The Morgan fingerprint density at radius 1 is 1.13 bits per heavy atom. The smallest absolute Gasteiger partial charge is 0.332 e. The molecule has 31 heavy (non-hydrogen) atoms. The Hall–Kier alpha value is -3.20. The Morgan fingerprint density at radius 2 is 1.87 bits per heavy atom. The lowest BCUT2D eigenvalue weighted by molar-refractivity contribution is 0.0237. The molecule has 3 aromatic rings. The molecule has 0 N–H and O–H groups in total. The highest BCUT2D eigenvalue weighted by atomic mass is 16.5. The van der Waals surface area contributed by atoms with Crippen molar-refractivity contribution in [2.24, 2.45) is 7.05 Å². The van der Waals surface area contributed by atoms with Crippen LogP contribution in [0.5, 0.6) is 5.88 Å². The van der Waals surface area contributed by atoms with E-state index in [4.69, 9.17) is 9.47 Å². The third-order valence-electron chi connectivity index (χ3n) is 5.55. The van der Waals surface area contributed by atoms with Crippen molar-refractivity contribution in [3.63, 3.8) is 0 Å². The normalized spacial score (nSPS) is 15.2. The molecule has 0 aromatic carbocycles. The number of nitrogens with zero attached hydrogens (tertiary/aromatic N) is 5. The van der Waals surface area contributed by atoms with Gasteiger partial charge < -0.3 is 14.0 Å². The van der Waals surface area contributed by atoms with Gasteiger partial charge in [0.1, 0.15) is 11.9 Å². The predicted molar refractivity (Wildman–Crippen MR) is 118 cm³/mol. The first-order chi connectivity index (χ1) is 15.0. The first kappa shape index (κ1) is 21.0. The molecule has 0 saturated carbocycles. The van der Waals surface area contributed by atoms with Crippen molar-refractivity contribution in [3.05, 3.63) is 50.6 Å². The van der Waals surface area contributed by atoms with Gasteiger partial charge in [-0.1, -0.05) is 0 Å². The molecule has 0 aliphatic carbocycles. The molecule has 164 valence electrons. The lowest BCUT2D eigenvalue weighted by atomic mass is 10.1. The lowest BCUT2D eigenvalue weighted by Crippen LogP contribution is -2.39. The summed E-state index contributed by atoms with van der Waals surface area (Å²) in [5.74, 6) is 1.18. The first-order valence-corrected chi connectivity index (χ1v) is 10.6. The SMILES string of the molecule is CCn1c(=O)c2c(nc(C=Cc3ccc(OC4CCOCC4)nc3)n2C)n(CC)c1=O. The monoisotopic (exact) mass is 425 g/mol. The summed E-state index contributed by atoms with van der Waals surface area (Å²) in [6.45, 7) is 5.85. The second-order valence-electron chi connectivity index (χ2n) is 7.47. The number of ether oxygens (including phenoxy) is 2. The molecular formula is C22H27N5O4. The van der Waals surface area contributed by atoms with Crippen LogP contribution in [-0.4, -0.2) is 43.0 Å². The van der Waals surface area contributed by atoms with E-state index in [0.717, 1.165) is 31.6 Å². The van der Waals surface area contributed by atoms with Gasteiger partial charge in [0, 0.05) is 45.2 Å². The predicted octanol–water partition coefficient (Wildman–Crippen LogP) is 2.06. The third-order valence-corrected chi connectivity index (χ3v) is 5.55. The van der Waals surface area contributed by atoms with Gasteiger partial charge in [-0.15, -0.1) is 0 Å². The number of aryl methyl sites for hydroxylation is 2. The highest BCUT2D eigenvalue weighted by Crippen LogP contribution is 2.17. The van der Waals surface area contributed by atoms with Crippen molar-refractivity contribution in [2.45, 2.75) is 45.9 Å². The van der Waals surface area contributed by atoms with Crippen molar-refractivity contribution in [1.29, 1.82) is 0 Å². The summed E-state index contributed by atoms with van der Waals surface area (Å²) in [5.41, 5.74) is 1.05. The van der Waals surface area contributed by atoms with E-state index in [1.807, 2.05) is 31.2 Å². The molecule has 3 aromatic heterocycles. The minimum Gasteiger partial charge on any atom is -0.474 e. The summed E-state index contributed by atoms with van der Waals surface area (Å²) in [6, 6.07) is 3.77. The summed E-state index contributed by atoms with van der Waals surface area (Å²) < 4.78 is 15.7. The van der Waals surface area contributed by atoms with E-state index in [9.17, 15) is 9.59 Å². The lowest BCUT2D eigenvalue weighted by Gasteiger charge is -2.22. The van der Waals surface area contributed by atoms with Crippen LogP contribution in [-0.2, 0) is 24.9 Å². The number of fused-ring (bicyclic) bond motifs is 1. The van der Waals surface area contributed by atoms with Gasteiger partial charge >= 0.3 is 5.69 Å². The van der Waals surface area contributed by atoms with E-state index in [1.54, 1.807) is 24.7 Å². The van der Waals surface area contributed by atoms with E-state index in [1.165, 1.54) is 9.13 Å². The summed E-state index contributed by atoms with van der Waals surface area (Å²) >= 11 is 0. The van der Waals surface area contributed by atoms with Crippen LogP contribution in [0.25, 0.3) is 23.3 Å². The summed E-state index contributed by atoms with van der Waals surface area (Å²) in [4.78, 5) is 34.3. The third kappa shape index (κ3) is 4.05. The van der Waals surface area contributed by atoms with Crippen molar-refractivity contribution in [3.8, 4) is 5.88 Å². The molecule has 4 rings (SSSR count). The molecular weight excluding hydrogens is 398 g/mol. The maximum atomic E-state index is 12.8. The van der Waals surface area contributed by atoms with E-state index >= 15 is 0 Å². The summed E-state index contributed by atoms with van der Waals surface area (Å²) in [7, 11) is 1.78. The van der Waals surface area contributed by atoms with Gasteiger partial charge in [-0.2, -0.15) is 0 Å². The topological polar surface area (TPSA) is 93.2 Å². The first-order valence-electron chi connectivity index (χ1n) is 10.6. The van der Waals surface area contributed by atoms with Crippen LogP contribution < -0.4 is 16.0 Å². The van der Waals surface area contributed by atoms with Crippen molar-refractivity contribution in [2.75, 3.05) is 13.2 Å². The highest BCUT2D eigenvalue weighted by molar-refractivity contribution is 5.76. The maximum absolute atomic E-state index is 12.8. The molecule has 4 heterocycles. The molecule has 1 aliphatic rings. The van der Waals surface area contributed by atoms with E-state index in [-0.39, 0.29) is 17.4 Å². The fraction of sp³-hybridized carbons (Fsp3) is 0.455. The molecule has 0 amide bonds. The molecule has 1 aliphatic heterocycles. The van der Waals surface area contributed by atoms with E-state index in [0.29, 0.717) is 36.0 Å². The Labute approximate surface area is 179 Å². The molecule has 9 heteroatoms. The minimum absolute atomic E-state index is 0.144. The molecule has 1 fully saturated rings. The zero-order valence-corrected chi connectivity index (χ0v) is 18.1. The minimum atomic E-state index is -0.333. The Morgan fingerprint density at radius 3 is 2.52 bits per heavy atom. The van der Waals surface area contributed by atoms with Crippen molar-refractivity contribution < 1.29 is 9.47 Å². The molecule has 1 saturated heterocycles. The average Bonchev–Trinajstić information content (AvgIpc) is 3.11. The van der Waals surface area contributed by atoms with Gasteiger partial charge in [0.05, 0.1) is 13.2 Å². The zero-order valence-electron chi connectivity index (χ0n) is 18.1. The zero-order chi connectivity index (χ0) is 22.0. The van der Waals surface area contributed by atoms with Crippen LogP contribution in [0.4, 0.5) is 0 Å². The second-order valence-corrected chi connectivity index (χ2v) is 7.47. The van der Waals surface area contributed by atoms with Crippen LogP contribution in [0.2, 0.25) is 0 Å². The second kappa shape index (κ2) is 8.89. The number of rotatable bonds is 6. The number of aromatic nitrogens is 5. The van der Waals surface area contributed by atoms with Gasteiger partial charge in [0.15, 0.2) is 11.2 Å². The molecule has 0 spiro atoms. The van der Waals surface area contributed by atoms with Gasteiger partial charge in [-0.05, 0) is 37.6 Å². The Kier molecular flexibility index (Phi) is 6.03. The standard InChI is InChI=1S/C22H27N5O4/c1-4-26-20-19(21(28)27(5-2)22(26)29)25(3)17(24-20)8-6-15-7-9-18(23-14-15)31-16-10-12-30-13-11-16/h6-9,14,16H,4-5,10-13H2,1-3H3. The summed E-state index contributed by atoms with van der Waals surface area (Å²) in [6.07, 6.45) is 7.32. The largest absolute Gasteiger partial charge is 0.474 e. The molecule has 0 radical (unpaired) electrons. The summed E-state index contributed by atoms with van der Waals surface area (Å²) in [5, 5.41) is 0. The molecule has 0 bridgehead atoms. The van der Waals surface area contributed by atoms with Gasteiger partial charge in [0.25, 0.3) is 5.56 Å². The molecule has 0 unspecified atom stereocenters. The van der Waals surface area contributed by atoms with Crippen LogP contribution in [0.1, 0.15) is 38.1 Å². The average molecular weight is 425 g/mol.